The van der Waals surface area contributed by atoms with Gasteiger partial charge in [0.1, 0.15) is 11.5 Å². The maximum absolute atomic E-state index is 11.8. The van der Waals surface area contributed by atoms with Crippen LogP contribution in [0.1, 0.15) is 21.5 Å². The zero-order chi connectivity index (χ0) is 20.5. The van der Waals surface area contributed by atoms with Gasteiger partial charge in [0.25, 0.3) is 5.91 Å². The Morgan fingerprint density at radius 1 is 1.14 bits per heavy atom. The van der Waals surface area contributed by atoms with Crippen LogP contribution in [0.5, 0.6) is 11.5 Å². The Kier molecular flexibility index (Phi) is 10.3. The molecule has 0 spiro atoms. The largest absolute Gasteiger partial charge is 0.497 e. The molecule has 158 valence electrons. The lowest BCUT2D eigenvalue weighted by atomic mass is 10.1. The Hall–Kier alpha value is -2.49. The number of halogens is 1. The Labute approximate surface area is 189 Å². The van der Waals surface area contributed by atoms with Gasteiger partial charge in [0.05, 0.1) is 14.2 Å². The van der Waals surface area contributed by atoms with Gasteiger partial charge in [-0.25, -0.2) is 0 Å². The second-order valence-corrected chi connectivity index (χ2v) is 6.21. The van der Waals surface area contributed by atoms with E-state index in [9.17, 15) is 4.79 Å². The molecule has 0 saturated heterocycles. The SMILES string of the molecule is CN=C(NCc1cccc(C(=O)NC)c1)N(C)Cc1ccc(OC)cc1OC.I. The predicted molar refractivity (Wildman–Crippen MR) is 126 cm³/mol. The second-order valence-electron chi connectivity index (χ2n) is 6.21. The fourth-order valence-corrected chi connectivity index (χ4v) is 2.85. The molecule has 0 aromatic heterocycles. The van der Waals surface area contributed by atoms with Crippen molar-refractivity contribution < 1.29 is 14.3 Å². The molecular weight excluding hydrogens is 483 g/mol. The topological polar surface area (TPSA) is 75.2 Å². The average molecular weight is 512 g/mol. The first-order valence-corrected chi connectivity index (χ1v) is 8.96. The molecular formula is C21H29IN4O3. The Bertz CT molecular complexity index is 842. The highest BCUT2D eigenvalue weighted by atomic mass is 127. The van der Waals surface area contributed by atoms with E-state index in [-0.39, 0.29) is 29.9 Å². The molecule has 2 aromatic carbocycles. The molecule has 8 heteroatoms. The number of carbonyl (C=O) groups excluding carboxylic acids is 1. The summed E-state index contributed by atoms with van der Waals surface area (Å²) in [4.78, 5) is 18.1. The minimum Gasteiger partial charge on any atom is -0.497 e. The number of benzene rings is 2. The Morgan fingerprint density at radius 3 is 2.52 bits per heavy atom. The zero-order valence-corrected chi connectivity index (χ0v) is 19.8. The minimum absolute atomic E-state index is 0. The van der Waals surface area contributed by atoms with Crippen molar-refractivity contribution in [2.24, 2.45) is 4.99 Å². The van der Waals surface area contributed by atoms with Gasteiger partial charge in [0.2, 0.25) is 0 Å². The van der Waals surface area contributed by atoms with Gasteiger partial charge in [0, 0.05) is 51.4 Å². The monoisotopic (exact) mass is 512 g/mol. The summed E-state index contributed by atoms with van der Waals surface area (Å²) in [6.07, 6.45) is 0. The number of rotatable bonds is 7. The normalized spacial score (nSPS) is 10.6. The fourth-order valence-electron chi connectivity index (χ4n) is 2.85. The number of carbonyl (C=O) groups is 1. The zero-order valence-electron chi connectivity index (χ0n) is 17.5. The van der Waals surface area contributed by atoms with Crippen LogP contribution in [-0.4, -0.2) is 52.1 Å². The number of amides is 1. The number of ether oxygens (including phenoxy) is 2. The molecule has 0 atom stereocenters. The maximum Gasteiger partial charge on any atom is 0.251 e. The number of guanidine groups is 1. The van der Waals surface area contributed by atoms with Crippen molar-refractivity contribution in [1.82, 2.24) is 15.5 Å². The standard InChI is InChI=1S/C21H28N4O3.HI/c1-22-20(26)16-8-6-7-15(11-16)13-24-21(23-2)25(3)14-17-9-10-18(27-4)12-19(17)28-5;/h6-12H,13-14H2,1-5H3,(H,22,26)(H,23,24);1H. The van der Waals surface area contributed by atoms with Gasteiger partial charge in [-0.15, -0.1) is 24.0 Å². The van der Waals surface area contributed by atoms with Crippen LogP contribution in [0.2, 0.25) is 0 Å². The third-order valence-electron chi connectivity index (χ3n) is 4.34. The van der Waals surface area contributed by atoms with Crippen LogP contribution in [-0.2, 0) is 13.1 Å². The molecule has 0 aliphatic carbocycles. The summed E-state index contributed by atoms with van der Waals surface area (Å²) in [5, 5.41) is 5.97. The van der Waals surface area contributed by atoms with Crippen LogP contribution >= 0.6 is 24.0 Å². The summed E-state index contributed by atoms with van der Waals surface area (Å²) >= 11 is 0. The number of nitrogens with one attached hydrogen (secondary N) is 2. The Balaban J connectivity index is 0.00000420. The van der Waals surface area contributed by atoms with Crippen molar-refractivity contribution in [3.8, 4) is 11.5 Å². The van der Waals surface area contributed by atoms with Crippen molar-refractivity contribution in [3.05, 3.63) is 59.2 Å². The van der Waals surface area contributed by atoms with E-state index < -0.39 is 0 Å². The molecule has 7 nitrogen and oxygen atoms in total. The summed E-state index contributed by atoms with van der Waals surface area (Å²) in [6, 6.07) is 13.3. The molecule has 0 heterocycles. The molecule has 1 amide bonds. The lowest BCUT2D eigenvalue weighted by Crippen LogP contribution is -2.38. The quantitative estimate of drug-likeness (QED) is 0.339. The van der Waals surface area contributed by atoms with Gasteiger partial charge < -0.3 is 25.0 Å². The van der Waals surface area contributed by atoms with Gasteiger partial charge in [-0.05, 0) is 29.8 Å². The van der Waals surface area contributed by atoms with Gasteiger partial charge in [-0.3, -0.25) is 9.79 Å². The molecule has 0 fully saturated rings. The van der Waals surface area contributed by atoms with E-state index in [1.807, 2.05) is 48.3 Å². The number of aliphatic imine (C=N–C) groups is 1. The molecule has 29 heavy (non-hydrogen) atoms. The van der Waals surface area contributed by atoms with E-state index in [2.05, 4.69) is 15.6 Å². The highest BCUT2D eigenvalue weighted by Gasteiger charge is 2.12. The van der Waals surface area contributed by atoms with Crippen molar-refractivity contribution in [1.29, 1.82) is 0 Å². The maximum atomic E-state index is 11.8. The summed E-state index contributed by atoms with van der Waals surface area (Å²) in [7, 11) is 8.60. The third kappa shape index (κ3) is 6.81. The van der Waals surface area contributed by atoms with E-state index in [0.717, 1.165) is 28.6 Å². The van der Waals surface area contributed by atoms with Crippen molar-refractivity contribution in [2.45, 2.75) is 13.1 Å². The van der Waals surface area contributed by atoms with E-state index >= 15 is 0 Å². The third-order valence-corrected chi connectivity index (χ3v) is 4.34. The molecule has 2 aromatic rings. The molecule has 0 aliphatic rings. The van der Waals surface area contributed by atoms with Gasteiger partial charge in [0.15, 0.2) is 5.96 Å². The van der Waals surface area contributed by atoms with Crippen LogP contribution in [0, 0.1) is 0 Å². The lowest BCUT2D eigenvalue weighted by Gasteiger charge is -2.23. The van der Waals surface area contributed by atoms with Gasteiger partial charge in [-0.1, -0.05) is 12.1 Å². The highest BCUT2D eigenvalue weighted by Crippen LogP contribution is 2.25. The molecule has 0 bridgehead atoms. The smallest absolute Gasteiger partial charge is 0.251 e. The second kappa shape index (κ2) is 12.2. The first kappa shape index (κ1) is 24.5. The van der Waals surface area contributed by atoms with Crippen LogP contribution in [0.3, 0.4) is 0 Å². The van der Waals surface area contributed by atoms with E-state index in [1.54, 1.807) is 34.4 Å². The predicted octanol–water partition coefficient (Wildman–Crippen LogP) is 2.89. The van der Waals surface area contributed by atoms with Crippen LogP contribution in [0.25, 0.3) is 0 Å². The van der Waals surface area contributed by atoms with Crippen molar-refractivity contribution in [2.75, 3.05) is 35.4 Å². The van der Waals surface area contributed by atoms with E-state index in [0.29, 0.717) is 18.7 Å². The minimum atomic E-state index is -0.102. The number of hydrogen-bond donors (Lipinski definition) is 2. The van der Waals surface area contributed by atoms with Gasteiger partial charge >= 0.3 is 0 Å². The first-order valence-electron chi connectivity index (χ1n) is 8.96. The number of methoxy groups -OCH3 is 2. The van der Waals surface area contributed by atoms with Crippen molar-refractivity contribution >= 4 is 35.8 Å². The van der Waals surface area contributed by atoms with E-state index in [4.69, 9.17) is 9.47 Å². The summed E-state index contributed by atoms with van der Waals surface area (Å²) in [5.41, 5.74) is 2.65. The highest BCUT2D eigenvalue weighted by molar-refractivity contribution is 14.0. The lowest BCUT2D eigenvalue weighted by molar-refractivity contribution is 0.0963. The molecule has 0 aliphatic heterocycles. The molecule has 2 N–H and O–H groups in total. The summed E-state index contributed by atoms with van der Waals surface area (Å²) in [6.45, 7) is 1.17. The fraction of sp³-hybridized carbons (Fsp3) is 0.333. The summed E-state index contributed by atoms with van der Waals surface area (Å²) in [5.74, 6) is 2.15. The Morgan fingerprint density at radius 2 is 1.90 bits per heavy atom. The van der Waals surface area contributed by atoms with Crippen LogP contribution < -0.4 is 20.1 Å². The first-order chi connectivity index (χ1) is 13.5. The average Bonchev–Trinajstić information content (AvgIpc) is 2.74. The molecule has 0 radical (unpaired) electrons. The summed E-state index contributed by atoms with van der Waals surface area (Å²) < 4.78 is 10.7. The number of nitrogens with zero attached hydrogens (tertiary/aromatic N) is 2. The molecule has 0 saturated carbocycles. The number of hydrogen-bond acceptors (Lipinski definition) is 4. The van der Waals surface area contributed by atoms with E-state index in [1.165, 1.54) is 0 Å². The van der Waals surface area contributed by atoms with Gasteiger partial charge in [-0.2, -0.15) is 0 Å². The van der Waals surface area contributed by atoms with Crippen LogP contribution in [0.4, 0.5) is 0 Å². The molecule has 0 unspecified atom stereocenters. The van der Waals surface area contributed by atoms with Crippen molar-refractivity contribution in [3.63, 3.8) is 0 Å². The van der Waals surface area contributed by atoms with Crippen LogP contribution in [0.15, 0.2) is 47.5 Å². The molecule has 2 rings (SSSR count).